The molecule has 0 saturated carbocycles. The highest BCUT2D eigenvalue weighted by Crippen LogP contribution is 2.22. The van der Waals surface area contributed by atoms with E-state index in [1.807, 2.05) is 13.0 Å². The van der Waals surface area contributed by atoms with Crippen molar-refractivity contribution in [2.24, 2.45) is 5.92 Å². The van der Waals surface area contributed by atoms with Crippen molar-refractivity contribution >= 4 is 29.3 Å². The maximum atomic E-state index is 12.6. The van der Waals surface area contributed by atoms with Crippen molar-refractivity contribution < 1.29 is 23.5 Å². The third-order valence-electron chi connectivity index (χ3n) is 5.86. The summed E-state index contributed by atoms with van der Waals surface area (Å²) in [4.78, 5) is 39.1. The van der Waals surface area contributed by atoms with Gasteiger partial charge in [-0.05, 0) is 73.4 Å². The number of furan rings is 1. The van der Waals surface area contributed by atoms with Gasteiger partial charge < -0.3 is 14.1 Å². The molecule has 1 aliphatic rings. The molecule has 1 unspecified atom stereocenters. The van der Waals surface area contributed by atoms with E-state index in [9.17, 15) is 14.4 Å². The number of amides is 3. The molecular formula is C26H26ClN3O5. The minimum atomic E-state index is -0.432. The molecule has 4 rings (SSSR count). The first-order valence-electron chi connectivity index (χ1n) is 11.3. The van der Waals surface area contributed by atoms with Gasteiger partial charge >= 0.3 is 0 Å². The van der Waals surface area contributed by atoms with E-state index in [-0.39, 0.29) is 24.1 Å². The van der Waals surface area contributed by atoms with E-state index in [0.717, 1.165) is 11.1 Å². The summed E-state index contributed by atoms with van der Waals surface area (Å²) >= 11 is 6.03. The standard InChI is InChI=1S/C26H26ClN3O5/c1-17-14-21(10-11-22(17)27)35-16-18-6-8-19(9-7-18)24(31)28-29-25(32)20-4-2-12-30(15-20)26(33)23-5-3-13-34-23/h3,5-11,13-14,20H,2,4,12,15-16H2,1H3,(H,28,31)(H,29,32). The molecule has 182 valence electrons. The Morgan fingerprint density at radius 1 is 1.11 bits per heavy atom. The van der Waals surface area contributed by atoms with E-state index in [1.165, 1.54) is 6.26 Å². The Kier molecular flexibility index (Phi) is 7.72. The molecule has 1 aliphatic heterocycles. The van der Waals surface area contributed by atoms with Crippen LogP contribution in [0, 0.1) is 12.8 Å². The molecule has 1 saturated heterocycles. The quantitative estimate of drug-likeness (QED) is 0.501. The summed E-state index contributed by atoms with van der Waals surface area (Å²) < 4.78 is 10.9. The molecule has 0 bridgehead atoms. The predicted molar refractivity (Wildman–Crippen MR) is 130 cm³/mol. The van der Waals surface area contributed by atoms with Crippen LogP contribution in [-0.2, 0) is 11.4 Å². The Bertz CT molecular complexity index is 1190. The fourth-order valence-corrected chi connectivity index (χ4v) is 3.97. The lowest BCUT2D eigenvalue weighted by Crippen LogP contribution is -2.50. The number of aryl methyl sites for hydroxylation is 1. The number of carbonyl (C=O) groups is 3. The highest BCUT2D eigenvalue weighted by atomic mass is 35.5. The van der Waals surface area contributed by atoms with Crippen LogP contribution in [0.5, 0.6) is 5.75 Å². The van der Waals surface area contributed by atoms with E-state index < -0.39 is 11.8 Å². The number of benzene rings is 2. The summed E-state index contributed by atoms with van der Waals surface area (Å²) in [5.41, 5.74) is 7.15. The zero-order chi connectivity index (χ0) is 24.8. The van der Waals surface area contributed by atoms with Gasteiger partial charge in [0, 0.05) is 23.7 Å². The Hall–Kier alpha value is -3.78. The van der Waals surface area contributed by atoms with Gasteiger partial charge in [0.1, 0.15) is 12.4 Å². The normalized spacial score (nSPS) is 15.4. The maximum Gasteiger partial charge on any atom is 0.289 e. The molecule has 1 aromatic heterocycles. The second-order valence-electron chi connectivity index (χ2n) is 8.41. The molecular weight excluding hydrogens is 470 g/mol. The Morgan fingerprint density at radius 3 is 2.63 bits per heavy atom. The lowest BCUT2D eigenvalue weighted by molar-refractivity contribution is -0.127. The van der Waals surface area contributed by atoms with Gasteiger partial charge in [0.15, 0.2) is 5.76 Å². The molecule has 2 aromatic carbocycles. The SMILES string of the molecule is Cc1cc(OCc2ccc(C(=O)NNC(=O)C3CCCN(C(=O)c4ccco4)C3)cc2)ccc1Cl. The number of piperidine rings is 1. The third kappa shape index (κ3) is 6.22. The van der Waals surface area contributed by atoms with E-state index in [0.29, 0.717) is 42.3 Å². The molecule has 8 nitrogen and oxygen atoms in total. The van der Waals surface area contributed by atoms with E-state index >= 15 is 0 Å². The molecule has 0 spiro atoms. The Balaban J connectivity index is 1.25. The molecule has 9 heteroatoms. The van der Waals surface area contributed by atoms with Crippen molar-refractivity contribution in [3.63, 3.8) is 0 Å². The number of rotatable bonds is 6. The first-order chi connectivity index (χ1) is 16.9. The second kappa shape index (κ2) is 11.1. The number of ether oxygens (including phenoxy) is 1. The first-order valence-corrected chi connectivity index (χ1v) is 11.7. The van der Waals surface area contributed by atoms with Crippen molar-refractivity contribution in [2.75, 3.05) is 13.1 Å². The number of hydrazine groups is 1. The summed E-state index contributed by atoms with van der Waals surface area (Å²) in [5.74, 6) is -0.470. The fourth-order valence-electron chi connectivity index (χ4n) is 3.85. The zero-order valence-electron chi connectivity index (χ0n) is 19.3. The molecule has 3 amide bonds. The summed E-state index contributed by atoms with van der Waals surface area (Å²) in [7, 11) is 0. The third-order valence-corrected chi connectivity index (χ3v) is 6.29. The number of likely N-dealkylation sites (tertiary alicyclic amines) is 1. The van der Waals surface area contributed by atoms with Gasteiger partial charge in [-0.2, -0.15) is 0 Å². The number of hydrogen-bond acceptors (Lipinski definition) is 5. The lowest BCUT2D eigenvalue weighted by Gasteiger charge is -2.31. The molecule has 2 N–H and O–H groups in total. The molecule has 0 radical (unpaired) electrons. The van der Waals surface area contributed by atoms with Crippen LogP contribution in [0.25, 0.3) is 0 Å². The summed E-state index contributed by atoms with van der Waals surface area (Å²) in [6, 6.07) is 15.6. The summed E-state index contributed by atoms with van der Waals surface area (Å²) in [6.45, 7) is 3.08. The van der Waals surface area contributed by atoms with Crippen LogP contribution in [0.2, 0.25) is 5.02 Å². The summed E-state index contributed by atoms with van der Waals surface area (Å²) in [5, 5.41) is 0.683. The predicted octanol–water partition coefficient (Wildman–Crippen LogP) is 4.13. The van der Waals surface area contributed by atoms with Gasteiger partial charge in [0.2, 0.25) is 5.91 Å². The topological polar surface area (TPSA) is 101 Å². The van der Waals surface area contributed by atoms with Crippen LogP contribution in [-0.4, -0.2) is 35.7 Å². The van der Waals surface area contributed by atoms with Gasteiger partial charge in [-0.3, -0.25) is 25.2 Å². The Morgan fingerprint density at radius 2 is 1.91 bits per heavy atom. The number of nitrogens with one attached hydrogen (secondary N) is 2. The highest BCUT2D eigenvalue weighted by Gasteiger charge is 2.30. The summed E-state index contributed by atoms with van der Waals surface area (Å²) in [6.07, 6.45) is 2.76. The van der Waals surface area contributed by atoms with Gasteiger partial charge in [0.05, 0.1) is 12.2 Å². The zero-order valence-corrected chi connectivity index (χ0v) is 20.0. The second-order valence-corrected chi connectivity index (χ2v) is 8.81. The van der Waals surface area contributed by atoms with E-state index in [2.05, 4.69) is 10.9 Å². The molecule has 0 aliphatic carbocycles. The maximum absolute atomic E-state index is 12.6. The molecule has 2 heterocycles. The lowest BCUT2D eigenvalue weighted by atomic mass is 9.97. The largest absolute Gasteiger partial charge is 0.489 e. The molecule has 1 fully saturated rings. The van der Waals surface area contributed by atoms with Crippen LogP contribution in [0.4, 0.5) is 0 Å². The van der Waals surface area contributed by atoms with Gasteiger partial charge in [-0.25, -0.2) is 0 Å². The minimum Gasteiger partial charge on any atom is -0.489 e. The van der Waals surface area contributed by atoms with E-state index in [1.54, 1.807) is 53.4 Å². The number of carbonyl (C=O) groups excluding carboxylic acids is 3. The van der Waals surface area contributed by atoms with Crippen molar-refractivity contribution in [3.8, 4) is 5.75 Å². The Labute approximate surface area is 208 Å². The van der Waals surface area contributed by atoms with E-state index in [4.69, 9.17) is 20.8 Å². The molecule has 35 heavy (non-hydrogen) atoms. The molecule has 1 atom stereocenters. The van der Waals surface area contributed by atoms with Crippen LogP contribution in [0.1, 0.15) is 44.9 Å². The number of nitrogens with zero attached hydrogens (tertiary/aromatic N) is 1. The van der Waals surface area contributed by atoms with Crippen molar-refractivity contribution in [2.45, 2.75) is 26.4 Å². The number of halogens is 1. The van der Waals surface area contributed by atoms with Crippen LogP contribution < -0.4 is 15.6 Å². The highest BCUT2D eigenvalue weighted by molar-refractivity contribution is 6.31. The minimum absolute atomic E-state index is 0.244. The van der Waals surface area contributed by atoms with Crippen molar-refractivity contribution in [1.29, 1.82) is 0 Å². The average Bonchev–Trinajstić information content (AvgIpc) is 3.43. The molecule has 3 aromatic rings. The average molecular weight is 496 g/mol. The smallest absolute Gasteiger partial charge is 0.289 e. The first kappa shape index (κ1) is 24.3. The van der Waals surface area contributed by atoms with Crippen molar-refractivity contribution in [1.82, 2.24) is 15.8 Å². The van der Waals surface area contributed by atoms with Gasteiger partial charge in [0.25, 0.3) is 11.8 Å². The fraction of sp³-hybridized carbons (Fsp3) is 0.269. The van der Waals surface area contributed by atoms with Crippen LogP contribution >= 0.6 is 11.6 Å². The number of hydrogen-bond donors (Lipinski definition) is 2. The van der Waals surface area contributed by atoms with Crippen LogP contribution in [0.3, 0.4) is 0 Å². The van der Waals surface area contributed by atoms with Gasteiger partial charge in [-0.15, -0.1) is 0 Å². The van der Waals surface area contributed by atoms with Crippen LogP contribution in [0.15, 0.2) is 65.3 Å². The van der Waals surface area contributed by atoms with Gasteiger partial charge in [-0.1, -0.05) is 23.7 Å². The van der Waals surface area contributed by atoms with Crippen molar-refractivity contribution in [3.05, 3.63) is 88.3 Å². The monoisotopic (exact) mass is 495 g/mol.